The molecule has 0 spiro atoms. The lowest BCUT2D eigenvalue weighted by molar-refractivity contribution is -0.142. The SMILES string of the molecule is CCOC(=O)Cc1cn(Cc2ccc(O)cc2)c2cc(-c3cccc(OC(C)=O)c3)ccc12. The molecule has 1 N–H and O–H groups in total. The van der Waals surface area contributed by atoms with Gasteiger partial charge in [0, 0.05) is 30.6 Å². The van der Waals surface area contributed by atoms with E-state index in [-0.39, 0.29) is 24.1 Å². The summed E-state index contributed by atoms with van der Waals surface area (Å²) in [6.07, 6.45) is 2.17. The number of nitrogens with zero attached hydrogens (tertiary/aromatic N) is 1. The summed E-state index contributed by atoms with van der Waals surface area (Å²) in [4.78, 5) is 23.5. The van der Waals surface area contributed by atoms with Gasteiger partial charge < -0.3 is 19.1 Å². The number of hydrogen-bond donors (Lipinski definition) is 1. The minimum atomic E-state index is -0.367. The smallest absolute Gasteiger partial charge is 0.310 e. The first-order chi connectivity index (χ1) is 15.9. The molecule has 0 saturated heterocycles. The van der Waals surface area contributed by atoms with E-state index in [4.69, 9.17) is 9.47 Å². The van der Waals surface area contributed by atoms with Gasteiger partial charge in [0.15, 0.2) is 0 Å². The Morgan fingerprint density at radius 1 is 0.970 bits per heavy atom. The van der Waals surface area contributed by atoms with Crippen molar-refractivity contribution in [3.05, 3.63) is 84.1 Å². The van der Waals surface area contributed by atoms with E-state index in [2.05, 4.69) is 10.6 Å². The number of hydrogen-bond acceptors (Lipinski definition) is 5. The molecule has 0 atom stereocenters. The second-order valence-electron chi connectivity index (χ2n) is 7.78. The normalized spacial score (nSPS) is 10.8. The first-order valence-electron chi connectivity index (χ1n) is 10.8. The van der Waals surface area contributed by atoms with Crippen molar-refractivity contribution in [2.75, 3.05) is 6.61 Å². The molecule has 168 valence electrons. The molecule has 0 aliphatic carbocycles. The third kappa shape index (κ3) is 5.23. The van der Waals surface area contributed by atoms with Crippen LogP contribution in [0.4, 0.5) is 0 Å². The van der Waals surface area contributed by atoms with Gasteiger partial charge in [-0.1, -0.05) is 36.4 Å². The summed E-state index contributed by atoms with van der Waals surface area (Å²) in [5.74, 6) is 0.0740. The minimum Gasteiger partial charge on any atom is -0.508 e. The van der Waals surface area contributed by atoms with Gasteiger partial charge in [0.1, 0.15) is 11.5 Å². The van der Waals surface area contributed by atoms with Gasteiger partial charge >= 0.3 is 11.9 Å². The summed E-state index contributed by atoms with van der Waals surface area (Å²) in [6.45, 7) is 4.09. The predicted octanol–water partition coefficient (Wildman–Crippen LogP) is 5.09. The van der Waals surface area contributed by atoms with Crippen molar-refractivity contribution in [3.8, 4) is 22.6 Å². The van der Waals surface area contributed by atoms with Crippen LogP contribution < -0.4 is 4.74 Å². The van der Waals surface area contributed by atoms with Crippen molar-refractivity contribution in [1.29, 1.82) is 0 Å². The topological polar surface area (TPSA) is 77.8 Å². The van der Waals surface area contributed by atoms with Gasteiger partial charge in [0.2, 0.25) is 0 Å². The van der Waals surface area contributed by atoms with Gasteiger partial charge in [0.05, 0.1) is 13.0 Å². The molecule has 0 radical (unpaired) electrons. The maximum atomic E-state index is 12.2. The van der Waals surface area contributed by atoms with Crippen molar-refractivity contribution in [3.63, 3.8) is 0 Å². The Morgan fingerprint density at radius 3 is 2.45 bits per heavy atom. The van der Waals surface area contributed by atoms with E-state index in [9.17, 15) is 14.7 Å². The third-order valence-electron chi connectivity index (χ3n) is 5.32. The van der Waals surface area contributed by atoms with Crippen LogP contribution in [0, 0.1) is 0 Å². The molecular weight excluding hydrogens is 418 g/mol. The first kappa shape index (κ1) is 22.1. The van der Waals surface area contributed by atoms with Crippen LogP contribution in [-0.2, 0) is 27.3 Å². The van der Waals surface area contributed by atoms with Crippen molar-refractivity contribution in [2.24, 2.45) is 0 Å². The molecule has 0 fully saturated rings. The number of phenols is 1. The average molecular weight is 443 g/mol. The zero-order valence-electron chi connectivity index (χ0n) is 18.6. The van der Waals surface area contributed by atoms with Crippen molar-refractivity contribution in [1.82, 2.24) is 4.57 Å². The zero-order valence-corrected chi connectivity index (χ0v) is 18.6. The molecule has 6 nitrogen and oxygen atoms in total. The number of esters is 2. The molecule has 4 aromatic rings. The molecule has 33 heavy (non-hydrogen) atoms. The molecular formula is C27H25NO5. The van der Waals surface area contributed by atoms with E-state index in [1.807, 2.05) is 48.7 Å². The maximum Gasteiger partial charge on any atom is 0.310 e. The summed E-state index contributed by atoms with van der Waals surface area (Å²) in [7, 11) is 0. The molecule has 1 aromatic heterocycles. The number of phenolic OH excluding ortho intramolecular Hbond substituents is 1. The van der Waals surface area contributed by atoms with Crippen molar-refractivity contribution < 1.29 is 24.2 Å². The van der Waals surface area contributed by atoms with E-state index in [0.717, 1.165) is 33.2 Å². The van der Waals surface area contributed by atoms with E-state index in [0.29, 0.717) is 18.9 Å². The van der Waals surface area contributed by atoms with Crippen LogP contribution in [0.5, 0.6) is 11.5 Å². The second-order valence-corrected chi connectivity index (χ2v) is 7.78. The Hall–Kier alpha value is -4.06. The molecule has 0 aliphatic rings. The minimum absolute atomic E-state index is 0.189. The number of benzene rings is 3. The van der Waals surface area contributed by atoms with Crippen molar-refractivity contribution in [2.45, 2.75) is 26.8 Å². The Kier molecular flexibility index (Phi) is 6.45. The van der Waals surface area contributed by atoms with Crippen LogP contribution in [0.3, 0.4) is 0 Å². The monoisotopic (exact) mass is 443 g/mol. The lowest BCUT2D eigenvalue weighted by atomic mass is 10.0. The molecule has 0 saturated carbocycles. The highest BCUT2D eigenvalue weighted by molar-refractivity contribution is 5.91. The van der Waals surface area contributed by atoms with Gasteiger partial charge in [0.25, 0.3) is 0 Å². The van der Waals surface area contributed by atoms with E-state index in [1.165, 1.54) is 6.92 Å². The standard InChI is InChI=1S/C27H25NO5/c1-3-32-27(31)15-22-17-28(16-19-7-10-23(30)11-8-19)26-14-21(9-12-25(22)26)20-5-4-6-24(13-20)33-18(2)29/h4-14,17,30H,3,15-16H2,1-2H3. The highest BCUT2D eigenvalue weighted by atomic mass is 16.5. The van der Waals surface area contributed by atoms with Crippen molar-refractivity contribution >= 4 is 22.8 Å². The van der Waals surface area contributed by atoms with Crippen LogP contribution >= 0.6 is 0 Å². The summed E-state index contributed by atoms with van der Waals surface area (Å²) in [6, 6.07) is 20.5. The maximum absolute atomic E-state index is 12.2. The van der Waals surface area contributed by atoms with E-state index < -0.39 is 0 Å². The van der Waals surface area contributed by atoms with Gasteiger partial charge in [-0.3, -0.25) is 9.59 Å². The molecule has 0 bridgehead atoms. The number of carbonyl (C=O) groups excluding carboxylic acids is 2. The fourth-order valence-electron chi connectivity index (χ4n) is 3.89. The summed E-state index contributed by atoms with van der Waals surface area (Å²) in [5, 5.41) is 10.6. The molecule has 6 heteroatoms. The summed E-state index contributed by atoms with van der Waals surface area (Å²) in [5.41, 5.74) is 4.76. The predicted molar refractivity (Wildman–Crippen MR) is 126 cm³/mol. The molecule has 4 rings (SSSR count). The van der Waals surface area contributed by atoms with Crippen LogP contribution in [0.1, 0.15) is 25.0 Å². The van der Waals surface area contributed by atoms with Gasteiger partial charge in [-0.15, -0.1) is 0 Å². The summed E-state index contributed by atoms with van der Waals surface area (Å²) < 4.78 is 12.5. The second kappa shape index (κ2) is 9.61. The molecule has 1 heterocycles. The fourth-order valence-corrected chi connectivity index (χ4v) is 3.89. The van der Waals surface area contributed by atoms with Crippen LogP contribution in [-0.4, -0.2) is 28.2 Å². The highest BCUT2D eigenvalue weighted by Gasteiger charge is 2.14. The molecule has 3 aromatic carbocycles. The third-order valence-corrected chi connectivity index (χ3v) is 5.32. The number of aromatic hydroxyl groups is 1. The fraction of sp³-hybridized carbons (Fsp3) is 0.185. The number of ether oxygens (including phenoxy) is 2. The first-order valence-corrected chi connectivity index (χ1v) is 10.8. The van der Waals surface area contributed by atoms with Crippen LogP contribution in [0.15, 0.2) is 72.9 Å². The van der Waals surface area contributed by atoms with Gasteiger partial charge in [-0.2, -0.15) is 0 Å². The quantitative estimate of drug-likeness (QED) is 0.318. The van der Waals surface area contributed by atoms with Gasteiger partial charge in [-0.05, 0) is 59.5 Å². The Morgan fingerprint density at radius 2 is 1.73 bits per heavy atom. The van der Waals surface area contributed by atoms with Crippen LogP contribution in [0.2, 0.25) is 0 Å². The molecule has 0 unspecified atom stereocenters. The Labute approximate surface area is 192 Å². The lowest BCUT2D eigenvalue weighted by Gasteiger charge is -2.09. The average Bonchev–Trinajstić information content (AvgIpc) is 3.11. The zero-order chi connectivity index (χ0) is 23.4. The van der Waals surface area contributed by atoms with E-state index >= 15 is 0 Å². The Balaban J connectivity index is 1.76. The summed E-state index contributed by atoms with van der Waals surface area (Å²) >= 11 is 0. The largest absolute Gasteiger partial charge is 0.508 e. The Bertz CT molecular complexity index is 1300. The number of rotatable bonds is 7. The molecule has 0 aliphatic heterocycles. The van der Waals surface area contributed by atoms with Crippen LogP contribution in [0.25, 0.3) is 22.0 Å². The molecule has 0 amide bonds. The number of aromatic nitrogens is 1. The number of fused-ring (bicyclic) bond motifs is 1. The van der Waals surface area contributed by atoms with E-state index in [1.54, 1.807) is 25.1 Å². The number of carbonyl (C=O) groups is 2. The lowest BCUT2D eigenvalue weighted by Crippen LogP contribution is -2.07. The van der Waals surface area contributed by atoms with Gasteiger partial charge in [-0.25, -0.2) is 0 Å². The highest BCUT2D eigenvalue weighted by Crippen LogP contribution is 2.31.